The Morgan fingerprint density at radius 3 is 2.31 bits per heavy atom. The number of nitrogens with one attached hydrogen (secondary N) is 1. The molecule has 4 nitrogen and oxygen atoms in total. The summed E-state index contributed by atoms with van der Waals surface area (Å²) in [5.74, 6) is -0.0435. The first-order valence-corrected chi connectivity index (χ1v) is 10.2. The van der Waals surface area contributed by atoms with Gasteiger partial charge in [-0.25, -0.2) is 0 Å². The minimum atomic E-state index is -0.0435. The zero-order chi connectivity index (χ0) is 20.1. The molecule has 0 bridgehead atoms. The molecule has 1 atom stereocenters. The molecular formula is C23H27BrClN3O. The molecule has 0 fully saturated rings. The molecule has 1 aromatic heterocycles. The van der Waals surface area contributed by atoms with Crippen molar-refractivity contribution < 1.29 is 4.79 Å². The lowest BCUT2D eigenvalue weighted by Gasteiger charge is -2.26. The van der Waals surface area contributed by atoms with Gasteiger partial charge in [-0.15, -0.1) is 12.4 Å². The maximum atomic E-state index is 12.7. The highest BCUT2D eigenvalue weighted by Crippen LogP contribution is 2.28. The van der Waals surface area contributed by atoms with Gasteiger partial charge >= 0.3 is 0 Å². The highest BCUT2D eigenvalue weighted by molar-refractivity contribution is 9.10. The second-order valence-electron chi connectivity index (χ2n) is 7.11. The lowest BCUT2D eigenvalue weighted by atomic mass is 10.0. The van der Waals surface area contributed by atoms with Gasteiger partial charge in [0.15, 0.2) is 0 Å². The third-order valence-electron chi connectivity index (χ3n) is 4.92. The van der Waals surface area contributed by atoms with Gasteiger partial charge < -0.3 is 9.88 Å². The van der Waals surface area contributed by atoms with Crippen molar-refractivity contribution in [2.75, 3.05) is 20.6 Å². The molecule has 0 aliphatic carbocycles. The van der Waals surface area contributed by atoms with Crippen molar-refractivity contribution in [2.45, 2.75) is 12.5 Å². The monoisotopic (exact) mass is 475 g/mol. The molecule has 0 aliphatic heterocycles. The van der Waals surface area contributed by atoms with Gasteiger partial charge in [0, 0.05) is 23.8 Å². The van der Waals surface area contributed by atoms with Gasteiger partial charge in [0.2, 0.25) is 0 Å². The average Bonchev–Trinajstić information content (AvgIpc) is 3.05. The smallest absolute Gasteiger partial charge is 0.267 e. The first-order chi connectivity index (χ1) is 13.5. The number of halogens is 2. The third kappa shape index (κ3) is 5.72. The SMILES string of the molecule is CN(C)C(c1ccc(Br)cc1)c1ccc(C(=O)NCCc2ccccc2)n1C.Cl. The van der Waals surface area contributed by atoms with Crippen LogP contribution in [0.5, 0.6) is 0 Å². The summed E-state index contributed by atoms with van der Waals surface area (Å²) in [6, 6.07) is 22.5. The fraction of sp³-hybridized carbons (Fsp3) is 0.261. The Kier molecular flexibility index (Phi) is 8.50. The van der Waals surface area contributed by atoms with E-state index in [1.165, 1.54) is 11.1 Å². The molecule has 1 heterocycles. The van der Waals surface area contributed by atoms with Crippen LogP contribution < -0.4 is 5.32 Å². The summed E-state index contributed by atoms with van der Waals surface area (Å²) in [7, 11) is 6.06. The number of benzene rings is 2. The number of aromatic nitrogens is 1. The number of amides is 1. The molecule has 6 heteroatoms. The summed E-state index contributed by atoms with van der Waals surface area (Å²) in [6.45, 7) is 0.618. The second-order valence-corrected chi connectivity index (χ2v) is 8.03. The van der Waals surface area contributed by atoms with E-state index in [1.54, 1.807) is 0 Å². The van der Waals surface area contributed by atoms with Gasteiger partial charge in [0.1, 0.15) is 5.69 Å². The maximum absolute atomic E-state index is 12.7. The molecule has 0 saturated carbocycles. The van der Waals surface area contributed by atoms with Crippen LogP contribution in [-0.2, 0) is 13.5 Å². The first-order valence-electron chi connectivity index (χ1n) is 9.37. The fourth-order valence-corrected chi connectivity index (χ4v) is 3.73. The van der Waals surface area contributed by atoms with Crippen LogP contribution in [0.4, 0.5) is 0 Å². The Morgan fingerprint density at radius 2 is 1.69 bits per heavy atom. The quantitative estimate of drug-likeness (QED) is 0.530. The molecule has 0 spiro atoms. The van der Waals surface area contributed by atoms with E-state index in [0.717, 1.165) is 16.6 Å². The molecule has 1 amide bonds. The Morgan fingerprint density at radius 1 is 1.03 bits per heavy atom. The van der Waals surface area contributed by atoms with E-state index in [1.807, 2.05) is 54.1 Å². The number of hydrogen-bond donors (Lipinski definition) is 1. The van der Waals surface area contributed by atoms with Crippen molar-refractivity contribution in [1.82, 2.24) is 14.8 Å². The Bertz CT molecular complexity index is 923. The fourth-order valence-electron chi connectivity index (χ4n) is 3.46. The van der Waals surface area contributed by atoms with Gasteiger partial charge in [-0.2, -0.15) is 0 Å². The topological polar surface area (TPSA) is 37.3 Å². The van der Waals surface area contributed by atoms with Crippen LogP contribution in [0.3, 0.4) is 0 Å². The Labute approximate surface area is 187 Å². The summed E-state index contributed by atoms with van der Waals surface area (Å²) in [5, 5.41) is 3.04. The number of carbonyl (C=O) groups is 1. The second kappa shape index (κ2) is 10.6. The molecule has 29 heavy (non-hydrogen) atoms. The predicted molar refractivity (Wildman–Crippen MR) is 125 cm³/mol. The normalized spacial score (nSPS) is 11.8. The number of rotatable bonds is 7. The minimum absolute atomic E-state index is 0. The summed E-state index contributed by atoms with van der Waals surface area (Å²) in [5.41, 5.74) is 4.16. The van der Waals surface area contributed by atoms with Gasteiger partial charge in [-0.3, -0.25) is 9.69 Å². The molecule has 3 aromatic rings. The first kappa shape index (κ1) is 23.2. The molecule has 2 aromatic carbocycles. The van der Waals surface area contributed by atoms with Crippen LogP contribution in [-0.4, -0.2) is 36.0 Å². The minimum Gasteiger partial charge on any atom is -0.350 e. The summed E-state index contributed by atoms with van der Waals surface area (Å²) >= 11 is 3.49. The number of hydrogen-bond acceptors (Lipinski definition) is 2. The molecular weight excluding hydrogens is 450 g/mol. The van der Waals surface area contributed by atoms with E-state index < -0.39 is 0 Å². The number of nitrogens with zero attached hydrogens (tertiary/aromatic N) is 2. The van der Waals surface area contributed by atoms with Crippen LogP contribution in [0.1, 0.15) is 33.4 Å². The molecule has 1 N–H and O–H groups in total. The molecule has 0 aliphatic rings. The van der Waals surface area contributed by atoms with E-state index in [4.69, 9.17) is 0 Å². The zero-order valence-corrected chi connectivity index (χ0v) is 19.3. The van der Waals surface area contributed by atoms with E-state index in [2.05, 4.69) is 64.5 Å². The molecule has 0 saturated heterocycles. The third-order valence-corrected chi connectivity index (χ3v) is 5.45. The predicted octanol–water partition coefficient (Wildman–Crippen LogP) is 4.83. The van der Waals surface area contributed by atoms with Gasteiger partial charge in [-0.1, -0.05) is 58.4 Å². The van der Waals surface area contributed by atoms with Crippen LogP contribution in [0, 0.1) is 0 Å². The average molecular weight is 477 g/mol. The maximum Gasteiger partial charge on any atom is 0.267 e. The largest absolute Gasteiger partial charge is 0.350 e. The Balaban J connectivity index is 0.00000300. The molecule has 0 radical (unpaired) electrons. The standard InChI is InChI=1S/C23H26BrN3O.ClH/c1-26(2)22(18-9-11-19(24)12-10-18)20-13-14-21(27(20)3)23(28)25-16-15-17-7-5-4-6-8-17;/h4-14,22H,15-16H2,1-3H3,(H,25,28);1H. The van der Waals surface area contributed by atoms with E-state index in [0.29, 0.717) is 12.2 Å². The van der Waals surface area contributed by atoms with Crippen LogP contribution in [0.15, 0.2) is 71.2 Å². The highest BCUT2D eigenvalue weighted by Gasteiger charge is 2.22. The lowest BCUT2D eigenvalue weighted by molar-refractivity contribution is 0.0945. The van der Waals surface area contributed by atoms with Crippen LogP contribution in [0.25, 0.3) is 0 Å². The van der Waals surface area contributed by atoms with E-state index >= 15 is 0 Å². The molecule has 1 unspecified atom stereocenters. The van der Waals surface area contributed by atoms with Gasteiger partial charge in [0.05, 0.1) is 6.04 Å². The van der Waals surface area contributed by atoms with E-state index in [-0.39, 0.29) is 24.4 Å². The van der Waals surface area contributed by atoms with Crippen LogP contribution >= 0.6 is 28.3 Å². The summed E-state index contributed by atoms with van der Waals surface area (Å²) in [6.07, 6.45) is 0.822. The summed E-state index contributed by atoms with van der Waals surface area (Å²) < 4.78 is 3.05. The van der Waals surface area contributed by atoms with Gasteiger partial charge in [0.25, 0.3) is 5.91 Å². The van der Waals surface area contributed by atoms with Crippen molar-refractivity contribution in [3.8, 4) is 0 Å². The van der Waals surface area contributed by atoms with Gasteiger partial charge in [-0.05, 0) is 55.9 Å². The Hall–Kier alpha value is -2.08. The van der Waals surface area contributed by atoms with E-state index in [9.17, 15) is 4.79 Å². The summed E-state index contributed by atoms with van der Waals surface area (Å²) in [4.78, 5) is 14.9. The molecule has 3 rings (SSSR count). The molecule has 154 valence electrons. The van der Waals surface area contributed by atoms with Crippen molar-refractivity contribution in [1.29, 1.82) is 0 Å². The van der Waals surface area contributed by atoms with Crippen molar-refractivity contribution in [3.63, 3.8) is 0 Å². The van der Waals surface area contributed by atoms with Crippen molar-refractivity contribution in [2.24, 2.45) is 7.05 Å². The zero-order valence-electron chi connectivity index (χ0n) is 16.9. The van der Waals surface area contributed by atoms with Crippen LogP contribution in [0.2, 0.25) is 0 Å². The lowest BCUT2D eigenvalue weighted by Crippen LogP contribution is -2.29. The van der Waals surface area contributed by atoms with Crippen molar-refractivity contribution in [3.05, 3.63) is 93.7 Å². The van der Waals surface area contributed by atoms with Crippen molar-refractivity contribution >= 4 is 34.2 Å². The highest BCUT2D eigenvalue weighted by atomic mass is 79.9. The number of carbonyl (C=O) groups excluding carboxylic acids is 1.